The van der Waals surface area contributed by atoms with Gasteiger partial charge >= 0.3 is 0 Å². The highest BCUT2D eigenvalue weighted by molar-refractivity contribution is 6.39. The highest BCUT2D eigenvalue weighted by atomic mass is 35.5. The van der Waals surface area contributed by atoms with Crippen LogP contribution in [-0.4, -0.2) is 5.11 Å². The molecule has 0 fully saturated rings. The number of hydrogen-bond acceptors (Lipinski definition) is 1. The molecule has 82 valence electrons. The topological polar surface area (TPSA) is 20.2 Å². The van der Waals surface area contributed by atoms with Gasteiger partial charge in [0, 0.05) is 10.6 Å². The molecule has 0 heterocycles. The third-order valence-electron chi connectivity index (χ3n) is 2.22. The molecule has 1 nitrogen and oxygen atoms in total. The summed E-state index contributed by atoms with van der Waals surface area (Å²) in [4.78, 5) is 0. The molecule has 0 spiro atoms. The first kappa shape index (κ1) is 11.6. The largest absolute Gasteiger partial charge is 0.505 e. The van der Waals surface area contributed by atoms with Crippen molar-refractivity contribution in [3.05, 3.63) is 51.5 Å². The van der Waals surface area contributed by atoms with Crippen LogP contribution in [0.3, 0.4) is 0 Å². The molecule has 0 aliphatic rings. The summed E-state index contributed by atoms with van der Waals surface area (Å²) in [5, 5.41) is 10.7. The number of halogens is 3. The Hall–Kier alpha value is -0.890. The normalized spacial score (nSPS) is 10.4. The van der Waals surface area contributed by atoms with Gasteiger partial charge in [0.15, 0.2) is 5.75 Å². The van der Waals surface area contributed by atoms with Gasteiger partial charge in [-0.3, -0.25) is 0 Å². The molecule has 0 bridgehead atoms. The van der Waals surface area contributed by atoms with Crippen LogP contribution in [0.4, 0.5) is 0 Å². The second kappa shape index (κ2) is 4.54. The molecular formula is C12H7Cl3O. The molecular weight excluding hydrogens is 266 g/mol. The highest BCUT2D eigenvalue weighted by Gasteiger charge is 2.10. The number of hydrogen-bond donors (Lipinski definition) is 1. The van der Waals surface area contributed by atoms with E-state index in [0.717, 1.165) is 11.1 Å². The van der Waals surface area contributed by atoms with Crippen molar-refractivity contribution in [2.45, 2.75) is 0 Å². The van der Waals surface area contributed by atoms with E-state index in [1.54, 1.807) is 24.3 Å². The number of phenolic OH excluding ortho intramolecular Hbond substituents is 1. The van der Waals surface area contributed by atoms with E-state index in [4.69, 9.17) is 34.8 Å². The van der Waals surface area contributed by atoms with Crippen LogP contribution in [0.15, 0.2) is 36.4 Å². The van der Waals surface area contributed by atoms with E-state index in [1.165, 1.54) is 0 Å². The summed E-state index contributed by atoms with van der Waals surface area (Å²) in [7, 11) is 0. The Balaban J connectivity index is 2.57. The Labute approximate surface area is 108 Å². The van der Waals surface area contributed by atoms with E-state index in [0.29, 0.717) is 5.02 Å². The molecule has 0 saturated carbocycles. The van der Waals surface area contributed by atoms with Crippen LogP contribution in [0.1, 0.15) is 0 Å². The van der Waals surface area contributed by atoms with Crippen LogP contribution in [0.2, 0.25) is 15.1 Å². The minimum atomic E-state index is -0.101. The van der Waals surface area contributed by atoms with Crippen LogP contribution in [0.5, 0.6) is 5.75 Å². The van der Waals surface area contributed by atoms with Crippen molar-refractivity contribution in [3.8, 4) is 16.9 Å². The van der Waals surface area contributed by atoms with Crippen molar-refractivity contribution < 1.29 is 5.11 Å². The summed E-state index contributed by atoms with van der Waals surface area (Å²) in [6.45, 7) is 0. The summed E-state index contributed by atoms with van der Waals surface area (Å²) >= 11 is 17.5. The zero-order valence-electron chi connectivity index (χ0n) is 8.05. The summed E-state index contributed by atoms with van der Waals surface area (Å²) in [6.07, 6.45) is 0. The van der Waals surface area contributed by atoms with E-state index >= 15 is 0 Å². The molecule has 0 atom stereocenters. The van der Waals surface area contributed by atoms with Gasteiger partial charge in [-0.25, -0.2) is 0 Å². The van der Waals surface area contributed by atoms with Gasteiger partial charge in [-0.05, 0) is 23.8 Å². The van der Waals surface area contributed by atoms with Gasteiger partial charge in [0.1, 0.15) is 0 Å². The molecule has 0 radical (unpaired) electrons. The number of benzene rings is 2. The monoisotopic (exact) mass is 272 g/mol. The van der Waals surface area contributed by atoms with Crippen molar-refractivity contribution in [1.29, 1.82) is 0 Å². The second-order valence-electron chi connectivity index (χ2n) is 3.26. The summed E-state index contributed by atoms with van der Waals surface area (Å²) in [5.41, 5.74) is 1.60. The Bertz CT molecular complexity index is 521. The van der Waals surface area contributed by atoms with Crippen LogP contribution in [-0.2, 0) is 0 Å². The lowest BCUT2D eigenvalue weighted by molar-refractivity contribution is 0.476. The number of rotatable bonds is 1. The molecule has 4 heteroatoms. The van der Waals surface area contributed by atoms with Gasteiger partial charge in [0.25, 0.3) is 0 Å². The zero-order chi connectivity index (χ0) is 11.7. The fraction of sp³-hybridized carbons (Fsp3) is 0. The molecule has 0 aromatic heterocycles. The van der Waals surface area contributed by atoms with E-state index in [9.17, 15) is 5.11 Å². The quantitative estimate of drug-likeness (QED) is 0.773. The molecule has 0 amide bonds. The fourth-order valence-electron chi connectivity index (χ4n) is 1.39. The Morgan fingerprint density at radius 3 is 2.06 bits per heavy atom. The molecule has 0 unspecified atom stereocenters. The first-order valence-electron chi connectivity index (χ1n) is 4.52. The van der Waals surface area contributed by atoms with Gasteiger partial charge in [0.05, 0.1) is 10.0 Å². The highest BCUT2D eigenvalue weighted by Crippen LogP contribution is 2.39. The van der Waals surface area contributed by atoms with E-state index in [-0.39, 0.29) is 15.8 Å². The standard InChI is InChI=1S/C12H7Cl3O/c13-8-3-1-7(2-4-8)9-5-6-10(14)12(16)11(9)15/h1-6,16H. The molecule has 2 aromatic rings. The van der Waals surface area contributed by atoms with Crippen molar-refractivity contribution >= 4 is 34.8 Å². The van der Waals surface area contributed by atoms with E-state index < -0.39 is 0 Å². The Morgan fingerprint density at radius 2 is 1.44 bits per heavy atom. The minimum Gasteiger partial charge on any atom is -0.505 e. The van der Waals surface area contributed by atoms with Gasteiger partial charge in [-0.15, -0.1) is 0 Å². The first-order valence-corrected chi connectivity index (χ1v) is 5.66. The lowest BCUT2D eigenvalue weighted by Gasteiger charge is -2.07. The average Bonchev–Trinajstić information content (AvgIpc) is 2.28. The SMILES string of the molecule is Oc1c(Cl)ccc(-c2ccc(Cl)cc2)c1Cl. The van der Waals surface area contributed by atoms with Crippen molar-refractivity contribution in [1.82, 2.24) is 0 Å². The molecule has 0 saturated heterocycles. The third-order valence-corrected chi connectivity index (χ3v) is 3.16. The van der Waals surface area contributed by atoms with Crippen LogP contribution >= 0.6 is 34.8 Å². The van der Waals surface area contributed by atoms with Crippen molar-refractivity contribution in [2.24, 2.45) is 0 Å². The summed E-state index contributed by atoms with van der Waals surface area (Å²) in [5.74, 6) is -0.101. The van der Waals surface area contributed by atoms with Gasteiger partial charge in [-0.2, -0.15) is 0 Å². The van der Waals surface area contributed by atoms with Crippen LogP contribution in [0.25, 0.3) is 11.1 Å². The summed E-state index contributed by atoms with van der Waals surface area (Å²) in [6, 6.07) is 10.5. The van der Waals surface area contributed by atoms with Crippen LogP contribution < -0.4 is 0 Å². The molecule has 2 aromatic carbocycles. The molecule has 16 heavy (non-hydrogen) atoms. The van der Waals surface area contributed by atoms with Crippen molar-refractivity contribution in [2.75, 3.05) is 0 Å². The van der Waals surface area contributed by atoms with Crippen LogP contribution in [0, 0.1) is 0 Å². The maximum absolute atomic E-state index is 9.61. The number of aromatic hydroxyl groups is 1. The Morgan fingerprint density at radius 1 is 0.812 bits per heavy atom. The predicted octanol–water partition coefficient (Wildman–Crippen LogP) is 5.02. The van der Waals surface area contributed by atoms with Gasteiger partial charge < -0.3 is 5.11 Å². The average molecular weight is 274 g/mol. The zero-order valence-corrected chi connectivity index (χ0v) is 10.3. The van der Waals surface area contributed by atoms with Crippen molar-refractivity contribution in [3.63, 3.8) is 0 Å². The second-order valence-corrected chi connectivity index (χ2v) is 4.49. The van der Waals surface area contributed by atoms with Gasteiger partial charge in [0.2, 0.25) is 0 Å². The van der Waals surface area contributed by atoms with Gasteiger partial charge in [-0.1, -0.05) is 53.0 Å². The lowest BCUT2D eigenvalue weighted by atomic mass is 10.1. The van der Waals surface area contributed by atoms with E-state index in [1.807, 2.05) is 12.1 Å². The smallest absolute Gasteiger partial charge is 0.153 e. The predicted molar refractivity (Wildman–Crippen MR) is 68.6 cm³/mol. The summed E-state index contributed by atoms with van der Waals surface area (Å²) < 4.78 is 0. The Kier molecular flexibility index (Phi) is 3.29. The molecule has 0 aliphatic carbocycles. The lowest BCUT2D eigenvalue weighted by Crippen LogP contribution is -1.81. The third kappa shape index (κ3) is 2.12. The maximum Gasteiger partial charge on any atom is 0.153 e. The minimum absolute atomic E-state index is 0.101. The molecule has 0 aliphatic heterocycles. The maximum atomic E-state index is 9.61. The number of phenols is 1. The first-order chi connectivity index (χ1) is 7.59. The molecule has 1 N–H and O–H groups in total. The molecule has 2 rings (SSSR count). The van der Waals surface area contributed by atoms with E-state index in [2.05, 4.69) is 0 Å². The fourth-order valence-corrected chi connectivity index (χ4v) is 2.00.